The molecule has 1 saturated carbocycles. The SMILES string of the molecule is Cc1cnc(CN(Cc2cccc(O)c2)C2CCC(O)CC2)o1. The van der Waals surface area contributed by atoms with E-state index in [1.807, 2.05) is 19.1 Å². The molecule has 23 heavy (non-hydrogen) atoms. The summed E-state index contributed by atoms with van der Waals surface area (Å²) in [5, 5.41) is 19.4. The number of aromatic hydroxyl groups is 1. The van der Waals surface area contributed by atoms with Gasteiger partial charge in [0.25, 0.3) is 0 Å². The second kappa shape index (κ2) is 7.15. The molecule has 1 heterocycles. The standard InChI is InChI=1S/C18H24N2O3/c1-13-10-19-18(23-13)12-20(15-5-7-16(21)8-6-15)11-14-3-2-4-17(22)9-14/h2-4,9-10,15-16,21-22H,5-8,11-12H2,1H3. The van der Waals surface area contributed by atoms with Gasteiger partial charge >= 0.3 is 0 Å². The van der Waals surface area contributed by atoms with E-state index in [9.17, 15) is 10.2 Å². The summed E-state index contributed by atoms with van der Waals surface area (Å²) in [6.45, 7) is 3.27. The number of aliphatic hydroxyl groups excluding tert-OH is 1. The van der Waals surface area contributed by atoms with Gasteiger partial charge < -0.3 is 14.6 Å². The first kappa shape index (κ1) is 16.0. The van der Waals surface area contributed by atoms with Crippen LogP contribution in [0.5, 0.6) is 5.75 Å². The number of aryl methyl sites for hydroxylation is 1. The molecule has 0 amide bonds. The van der Waals surface area contributed by atoms with E-state index in [2.05, 4.69) is 9.88 Å². The fraction of sp³-hybridized carbons (Fsp3) is 0.500. The van der Waals surface area contributed by atoms with E-state index in [0.717, 1.165) is 43.6 Å². The van der Waals surface area contributed by atoms with Gasteiger partial charge in [-0.3, -0.25) is 4.90 Å². The molecule has 124 valence electrons. The van der Waals surface area contributed by atoms with E-state index in [0.29, 0.717) is 18.5 Å². The van der Waals surface area contributed by atoms with E-state index in [-0.39, 0.29) is 11.9 Å². The van der Waals surface area contributed by atoms with Crippen molar-refractivity contribution in [1.29, 1.82) is 0 Å². The van der Waals surface area contributed by atoms with E-state index >= 15 is 0 Å². The van der Waals surface area contributed by atoms with E-state index < -0.39 is 0 Å². The van der Waals surface area contributed by atoms with Crippen LogP contribution in [0.2, 0.25) is 0 Å². The lowest BCUT2D eigenvalue weighted by atomic mass is 9.91. The first-order chi connectivity index (χ1) is 11.1. The molecule has 1 aromatic heterocycles. The second-order valence-electron chi connectivity index (χ2n) is 6.40. The average molecular weight is 316 g/mol. The van der Waals surface area contributed by atoms with Crippen molar-refractivity contribution in [3.8, 4) is 5.75 Å². The lowest BCUT2D eigenvalue weighted by Crippen LogP contribution is -2.38. The molecule has 2 N–H and O–H groups in total. The van der Waals surface area contributed by atoms with Crippen molar-refractivity contribution in [2.75, 3.05) is 0 Å². The first-order valence-corrected chi connectivity index (χ1v) is 8.21. The molecule has 0 radical (unpaired) electrons. The summed E-state index contributed by atoms with van der Waals surface area (Å²) in [5.74, 6) is 1.82. The Hall–Kier alpha value is -1.85. The van der Waals surface area contributed by atoms with Crippen LogP contribution in [-0.4, -0.2) is 32.2 Å². The summed E-state index contributed by atoms with van der Waals surface area (Å²) in [6, 6.07) is 7.76. The molecule has 5 nitrogen and oxygen atoms in total. The number of oxazole rings is 1. The minimum atomic E-state index is -0.169. The third kappa shape index (κ3) is 4.33. The summed E-state index contributed by atoms with van der Waals surface area (Å²) in [5.41, 5.74) is 1.07. The fourth-order valence-corrected chi connectivity index (χ4v) is 3.28. The van der Waals surface area contributed by atoms with Crippen LogP contribution >= 0.6 is 0 Å². The maximum absolute atomic E-state index is 9.75. The predicted molar refractivity (Wildman–Crippen MR) is 86.9 cm³/mol. The number of aromatic nitrogens is 1. The van der Waals surface area contributed by atoms with Crippen LogP contribution in [0.1, 0.15) is 42.9 Å². The van der Waals surface area contributed by atoms with Gasteiger partial charge in [0, 0.05) is 12.6 Å². The van der Waals surface area contributed by atoms with Crippen LogP contribution in [-0.2, 0) is 13.1 Å². The molecule has 1 aliphatic rings. The van der Waals surface area contributed by atoms with Crippen molar-refractivity contribution in [2.24, 2.45) is 0 Å². The van der Waals surface area contributed by atoms with Gasteiger partial charge in [-0.1, -0.05) is 12.1 Å². The van der Waals surface area contributed by atoms with Crippen molar-refractivity contribution < 1.29 is 14.6 Å². The van der Waals surface area contributed by atoms with E-state index in [1.54, 1.807) is 18.3 Å². The third-order valence-electron chi connectivity index (χ3n) is 4.49. The topological polar surface area (TPSA) is 69.7 Å². The summed E-state index contributed by atoms with van der Waals surface area (Å²) in [7, 11) is 0. The van der Waals surface area contributed by atoms with Crippen molar-refractivity contribution in [3.63, 3.8) is 0 Å². The van der Waals surface area contributed by atoms with Crippen molar-refractivity contribution >= 4 is 0 Å². The number of aliphatic hydroxyl groups is 1. The van der Waals surface area contributed by atoms with Crippen LogP contribution in [0.4, 0.5) is 0 Å². The van der Waals surface area contributed by atoms with Gasteiger partial charge in [-0.15, -0.1) is 0 Å². The molecule has 5 heteroatoms. The Bertz CT molecular complexity index is 633. The molecule has 1 aliphatic carbocycles. The first-order valence-electron chi connectivity index (χ1n) is 8.21. The van der Waals surface area contributed by atoms with Gasteiger partial charge in [0.1, 0.15) is 11.5 Å². The average Bonchev–Trinajstić information content (AvgIpc) is 2.93. The number of benzene rings is 1. The van der Waals surface area contributed by atoms with Gasteiger partial charge in [0.2, 0.25) is 5.89 Å². The zero-order chi connectivity index (χ0) is 16.2. The van der Waals surface area contributed by atoms with Crippen molar-refractivity contribution in [1.82, 2.24) is 9.88 Å². The zero-order valence-electron chi connectivity index (χ0n) is 13.5. The summed E-state index contributed by atoms with van der Waals surface area (Å²) in [6.07, 6.45) is 5.20. The maximum Gasteiger partial charge on any atom is 0.208 e. The molecule has 0 aliphatic heterocycles. The third-order valence-corrected chi connectivity index (χ3v) is 4.49. The Morgan fingerprint density at radius 1 is 1.22 bits per heavy atom. The molecular weight excluding hydrogens is 292 g/mol. The lowest BCUT2D eigenvalue weighted by molar-refractivity contribution is 0.0623. The molecule has 0 spiro atoms. The Balaban J connectivity index is 1.74. The summed E-state index contributed by atoms with van der Waals surface area (Å²) in [4.78, 5) is 6.66. The minimum absolute atomic E-state index is 0.169. The molecule has 2 aromatic rings. The Morgan fingerprint density at radius 3 is 2.65 bits per heavy atom. The van der Waals surface area contributed by atoms with Gasteiger partial charge in [-0.05, 0) is 50.3 Å². The lowest BCUT2D eigenvalue weighted by Gasteiger charge is -2.35. The molecule has 0 atom stereocenters. The largest absolute Gasteiger partial charge is 0.508 e. The molecule has 1 aromatic carbocycles. The Labute approximate surface area is 136 Å². The van der Waals surface area contributed by atoms with Crippen LogP contribution in [0, 0.1) is 6.92 Å². The highest BCUT2D eigenvalue weighted by atomic mass is 16.4. The highest BCUT2D eigenvalue weighted by Crippen LogP contribution is 2.26. The van der Waals surface area contributed by atoms with Gasteiger partial charge in [-0.2, -0.15) is 0 Å². The van der Waals surface area contributed by atoms with E-state index in [1.165, 1.54) is 0 Å². The minimum Gasteiger partial charge on any atom is -0.508 e. The summed E-state index contributed by atoms with van der Waals surface area (Å²) < 4.78 is 5.64. The Kier molecular flexibility index (Phi) is 4.98. The van der Waals surface area contributed by atoms with Crippen LogP contribution in [0.15, 0.2) is 34.9 Å². The summed E-state index contributed by atoms with van der Waals surface area (Å²) >= 11 is 0. The Morgan fingerprint density at radius 2 is 2.00 bits per heavy atom. The molecule has 1 fully saturated rings. The quantitative estimate of drug-likeness (QED) is 0.887. The van der Waals surface area contributed by atoms with Gasteiger partial charge in [0.15, 0.2) is 0 Å². The number of phenols is 1. The van der Waals surface area contributed by atoms with Crippen molar-refractivity contribution in [3.05, 3.63) is 47.7 Å². The highest BCUT2D eigenvalue weighted by molar-refractivity contribution is 5.27. The molecule has 0 saturated heterocycles. The van der Waals surface area contributed by atoms with Gasteiger partial charge in [-0.25, -0.2) is 4.98 Å². The molecule has 3 rings (SSSR count). The fourth-order valence-electron chi connectivity index (χ4n) is 3.28. The van der Waals surface area contributed by atoms with Crippen LogP contribution in [0.3, 0.4) is 0 Å². The monoisotopic (exact) mass is 316 g/mol. The number of hydrogen-bond donors (Lipinski definition) is 2. The predicted octanol–water partition coefficient (Wildman–Crippen LogP) is 2.99. The number of nitrogens with zero attached hydrogens (tertiary/aromatic N) is 2. The molecule has 0 unspecified atom stereocenters. The second-order valence-corrected chi connectivity index (χ2v) is 6.40. The smallest absolute Gasteiger partial charge is 0.208 e. The number of phenolic OH excluding ortho intramolecular Hbond substituents is 1. The highest BCUT2D eigenvalue weighted by Gasteiger charge is 2.26. The van der Waals surface area contributed by atoms with Crippen molar-refractivity contribution in [2.45, 2.75) is 57.8 Å². The maximum atomic E-state index is 9.75. The number of rotatable bonds is 5. The van der Waals surface area contributed by atoms with Crippen LogP contribution < -0.4 is 0 Å². The van der Waals surface area contributed by atoms with Crippen LogP contribution in [0.25, 0.3) is 0 Å². The molecule has 0 bridgehead atoms. The zero-order valence-corrected chi connectivity index (χ0v) is 13.5. The number of hydrogen-bond acceptors (Lipinski definition) is 5. The van der Waals surface area contributed by atoms with E-state index in [4.69, 9.17) is 4.42 Å². The normalized spacial score (nSPS) is 21.7. The molecular formula is C18H24N2O3. The van der Waals surface area contributed by atoms with Gasteiger partial charge in [0.05, 0.1) is 18.8 Å².